The number of benzene rings is 1. The number of rotatable bonds is 6. The molecule has 1 aliphatic rings. The lowest BCUT2D eigenvalue weighted by Gasteiger charge is -2.02. The van der Waals surface area contributed by atoms with Gasteiger partial charge >= 0.3 is 0 Å². The zero-order chi connectivity index (χ0) is 18.9. The largest absolute Gasteiger partial charge is 0.300 e. The van der Waals surface area contributed by atoms with Crippen LogP contribution in [0, 0.1) is 17.3 Å². The monoisotopic (exact) mass is 447 g/mol. The number of nitrogens with zero attached hydrogens (tertiary/aromatic N) is 2. The molecule has 0 aliphatic heterocycles. The van der Waals surface area contributed by atoms with Gasteiger partial charge < -0.3 is 5.32 Å². The van der Waals surface area contributed by atoms with E-state index in [1.54, 1.807) is 17.8 Å². The van der Waals surface area contributed by atoms with Crippen molar-refractivity contribution in [3.8, 4) is 0 Å². The number of thioether (sulfide) groups is 1. The Hall–Kier alpha value is -0.790. The first kappa shape index (κ1) is 20.0. The first-order chi connectivity index (χ1) is 12.3. The highest BCUT2D eigenvalue weighted by molar-refractivity contribution is 8.00. The summed E-state index contributed by atoms with van der Waals surface area (Å²) in [5, 5.41) is 12.2. The molecular weight excluding hydrogens is 433 g/mol. The third-order valence-corrected chi connectivity index (χ3v) is 6.96. The van der Waals surface area contributed by atoms with Crippen molar-refractivity contribution in [1.29, 1.82) is 0 Å². The molecule has 2 unspecified atom stereocenters. The van der Waals surface area contributed by atoms with E-state index < -0.39 is 0 Å². The number of carbonyl (C=O) groups is 1. The van der Waals surface area contributed by atoms with Crippen LogP contribution in [0.5, 0.6) is 0 Å². The van der Waals surface area contributed by atoms with E-state index in [-0.39, 0.29) is 27.6 Å². The topological polar surface area (TPSA) is 54.9 Å². The summed E-state index contributed by atoms with van der Waals surface area (Å²) in [6.45, 7) is 4.03. The van der Waals surface area contributed by atoms with Gasteiger partial charge in [-0.1, -0.05) is 83.9 Å². The molecule has 2 aromatic rings. The molecule has 138 valence electrons. The van der Waals surface area contributed by atoms with Crippen molar-refractivity contribution in [3.63, 3.8) is 0 Å². The van der Waals surface area contributed by atoms with Crippen molar-refractivity contribution in [1.82, 2.24) is 10.2 Å². The molecule has 4 nitrogen and oxygen atoms in total. The smallest absolute Gasteiger partial charge is 0.230 e. The Bertz CT molecular complexity index is 832. The molecule has 1 fully saturated rings. The molecule has 0 radical (unpaired) electrons. The van der Waals surface area contributed by atoms with E-state index in [2.05, 4.69) is 15.5 Å². The van der Waals surface area contributed by atoms with Gasteiger partial charge in [-0.15, -0.1) is 10.2 Å². The molecule has 1 aromatic carbocycles. The van der Waals surface area contributed by atoms with Crippen LogP contribution in [0.4, 0.5) is 5.13 Å². The van der Waals surface area contributed by atoms with E-state index in [9.17, 15) is 4.79 Å². The number of hydrogen-bond donors (Lipinski definition) is 1. The van der Waals surface area contributed by atoms with E-state index >= 15 is 0 Å². The normalized spacial score (nSPS) is 20.5. The van der Waals surface area contributed by atoms with Gasteiger partial charge in [-0.25, -0.2) is 0 Å². The average Bonchev–Trinajstić information content (AvgIpc) is 2.91. The van der Waals surface area contributed by atoms with Crippen molar-refractivity contribution in [3.05, 3.63) is 45.4 Å². The van der Waals surface area contributed by atoms with Gasteiger partial charge in [0.1, 0.15) is 4.49 Å². The van der Waals surface area contributed by atoms with Gasteiger partial charge in [0.2, 0.25) is 11.0 Å². The van der Waals surface area contributed by atoms with Crippen LogP contribution in [-0.4, -0.2) is 16.1 Å². The minimum atomic E-state index is -0.177. The molecule has 1 amide bonds. The summed E-state index contributed by atoms with van der Waals surface area (Å²) >= 11 is 20.3. The molecule has 1 aliphatic carbocycles. The zero-order valence-electron chi connectivity index (χ0n) is 14.0. The fourth-order valence-corrected chi connectivity index (χ4v) is 4.96. The Balaban J connectivity index is 1.56. The van der Waals surface area contributed by atoms with E-state index in [1.165, 1.54) is 11.3 Å². The summed E-state index contributed by atoms with van der Waals surface area (Å²) in [6.07, 6.45) is 1.72. The summed E-state index contributed by atoms with van der Waals surface area (Å²) in [5.74, 6) is 0.524. The van der Waals surface area contributed by atoms with Gasteiger partial charge in [-0.3, -0.25) is 4.79 Å². The number of allylic oxidation sites excluding steroid dienone is 1. The van der Waals surface area contributed by atoms with Crippen LogP contribution >= 0.6 is 57.9 Å². The van der Waals surface area contributed by atoms with Crippen molar-refractivity contribution < 1.29 is 4.79 Å². The molecule has 0 spiro atoms. The minimum absolute atomic E-state index is 0.0270. The molecule has 1 N–H and O–H groups in total. The fourth-order valence-electron chi connectivity index (χ4n) is 2.85. The van der Waals surface area contributed by atoms with Gasteiger partial charge in [-0.05, 0) is 35.1 Å². The highest BCUT2D eigenvalue weighted by Crippen LogP contribution is 2.60. The minimum Gasteiger partial charge on any atom is -0.300 e. The van der Waals surface area contributed by atoms with Crippen LogP contribution in [0.3, 0.4) is 0 Å². The molecule has 2 atom stereocenters. The first-order valence-corrected chi connectivity index (χ1v) is 10.8. The van der Waals surface area contributed by atoms with E-state index in [0.717, 1.165) is 15.7 Å². The molecule has 0 bridgehead atoms. The third kappa shape index (κ3) is 4.73. The number of amides is 1. The molecule has 0 saturated heterocycles. The SMILES string of the molecule is CC1(C)C(C=C(Cl)Cl)C1C(=O)Nc1nnc(SCc2ccc(Cl)cc2)s1. The highest BCUT2D eigenvalue weighted by atomic mass is 35.5. The second-order valence-electron chi connectivity index (χ2n) is 6.56. The molecule has 1 aromatic heterocycles. The molecule has 1 heterocycles. The second kappa shape index (κ2) is 8.07. The Morgan fingerprint density at radius 1 is 1.31 bits per heavy atom. The van der Waals surface area contributed by atoms with Gasteiger partial charge in [0.25, 0.3) is 0 Å². The van der Waals surface area contributed by atoms with Crippen LogP contribution in [0.15, 0.2) is 39.2 Å². The maximum atomic E-state index is 12.5. The molecule has 1 saturated carbocycles. The predicted octanol–water partition coefficient (Wildman–Crippen LogP) is 6.01. The summed E-state index contributed by atoms with van der Waals surface area (Å²) in [6, 6.07) is 7.67. The Labute approximate surface area is 175 Å². The standard InChI is InChI=1S/C17H16Cl3N3OS2/c1-17(2)11(7-12(19)20)13(17)14(24)21-15-22-23-16(26-15)25-8-9-3-5-10(18)6-4-9/h3-7,11,13H,8H2,1-2H3,(H,21,22,24). The molecule has 9 heteroatoms. The van der Waals surface area contributed by atoms with Gasteiger partial charge in [-0.2, -0.15) is 0 Å². The summed E-state index contributed by atoms with van der Waals surface area (Å²) in [5.41, 5.74) is 0.975. The zero-order valence-corrected chi connectivity index (χ0v) is 17.9. The van der Waals surface area contributed by atoms with Crippen LogP contribution in [-0.2, 0) is 10.5 Å². The average molecular weight is 449 g/mol. The fraction of sp³-hybridized carbons (Fsp3) is 0.353. The van der Waals surface area contributed by atoms with Crippen LogP contribution in [0.2, 0.25) is 5.02 Å². The van der Waals surface area contributed by atoms with Gasteiger partial charge in [0.15, 0.2) is 4.34 Å². The maximum Gasteiger partial charge on any atom is 0.230 e. The molecule has 26 heavy (non-hydrogen) atoms. The third-order valence-electron chi connectivity index (χ3n) is 4.41. The number of carbonyl (C=O) groups excluding carboxylic acids is 1. The maximum absolute atomic E-state index is 12.5. The Kier molecular flexibility index (Phi) is 6.19. The first-order valence-electron chi connectivity index (χ1n) is 7.82. The number of nitrogens with one attached hydrogen (secondary N) is 1. The van der Waals surface area contributed by atoms with Crippen LogP contribution < -0.4 is 5.32 Å². The lowest BCUT2D eigenvalue weighted by Crippen LogP contribution is -2.16. The van der Waals surface area contributed by atoms with E-state index in [0.29, 0.717) is 10.2 Å². The lowest BCUT2D eigenvalue weighted by atomic mass is 10.1. The van der Waals surface area contributed by atoms with E-state index in [4.69, 9.17) is 34.8 Å². The summed E-state index contributed by atoms with van der Waals surface area (Å²) in [7, 11) is 0. The number of hydrogen-bond acceptors (Lipinski definition) is 5. The molecule has 3 rings (SSSR count). The second-order valence-corrected chi connectivity index (χ2v) is 10.2. The van der Waals surface area contributed by atoms with E-state index in [1.807, 2.05) is 38.1 Å². The van der Waals surface area contributed by atoms with Crippen molar-refractivity contribution >= 4 is 68.9 Å². The number of halogens is 3. The van der Waals surface area contributed by atoms with Crippen LogP contribution in [0.25, 0.3) is 0 Å². The van der Waals surface area contributed by atoms with Crippen molar-refractivity contribution in [2.45, 2.75) is 23.9 Å². The Morgan fingerprint density at radius 3 is 2.65 bits per heavy atom. The Morgan fingerprint density at radius 2 is 2.00 bits per heavy atom. The number of aromatic nitrogens is 2. The van der Waals surface area contributed by atoms with Crippen LogP contribution in [0.1, 0.15) is 19.4 Å². The predicted molar refractivity (Wildman–Crippen MR) is 110 cm³/mol. The quantitative estimate of drug-likeness (QED) is 0.434. The van der Waals surface area contributed by atoms with Crippen molar-refractivity contribution in [2.24, 2.45) is 17.3 Å². The lowest BCUT2D eigenvalue weighted by molar-refractivity contribution is -0.118. The summed E-state index contributed by atoms with van der Waals surface area (Å²) < 4.78 is 0.987. The highest BCUT2D eigenvalue weighted by Gasteiger charge is 2.60. The summed E-state index contributed by atoms with van der Waals surface area (Å²) in [4.78, 5) is 12.5. The van der Waals surface area contributed by atoms with Gasteiger partial charge in [0, 0.05) is 10.8 Å². The van der Waals surface area contributed by atoms with Gasteiger partial charge in [0.05, 0.1) is 5.92 Å². The number of anilines is 1. The molecular formula is C17H16Cl3N3OS2. The van der Waals surface area contributed by atoms with Crippen molar-refractivity contribution in [2.75, 3.05) is 5.32 Å².